The van der Waals surface area contributed by atoms with Crippen LogP contribution in [0.1, 0.15) is 84.9 Å². The van der Waals surface area contributed by atoms with Crippen LogP contribution in [-0.4, -0.2) is 151 Å². The normalized spacial score (nSPS) is 30.1. The fourth-order valence-electron chi connectivity index (χ4n) is 8.30. The van der Waals surface area contributed by atoms with Crippen molar-refractivity contribution in [2.45, 2.75) is 94.3 Å². The van der Waals surface area contributed by atoms with E-state index in [0.717, 1.165) is 12.1 Å². The predicted molar refractivity (Wildman–Crippen MR) is 201 cm³/mol. The van der Waals surface area contributed by atoms with Crippen LogP contribution >= 0.6 is 0 Å². The third kappa shape index (κ3) is 6.83. The van der Waals surface area contributed by atoms with Crippen LogP contribution < -0.4 is 15.4 Å². The first-order valence-corrected chi connectivity index (χ1v) is 18.8. The summed E-state index contributed by atoms with van der Waals surface area (Å²) in [4.78, 5) is 53.3. The summed E-state index contributed by atoms with van der Waals surface area (Å²) < 4.78 is 28.9. The summed E-state index contributed by atoms with van der Waals surface area (Å²) in [7, 11) is 2.80. The lowest BCUT2D eigenvalue weighted by Crippen LogP contribution is -2.65. The zero-order valence-corrected chi connectivity index (χ0v) is 32.6. The minimum Gasteiger partial charge on any atom is -0.507 e. The number of rotatable bonds is 9. The van der Waals surface area contributed by atoms with Gasteiger partial charge >= 0.3 is 5.97 Å². The molecule has 2 heterocycles. The van der Waals surface area contributed by atoms with Gasteiger partial charge in [-0.3, -0.25) is 19.2 Å². The number of methoxy groups -OCH3 is 1. The summed E-state index contributed by atoms with van der Waals surface area (Å²) in [5, 5.41) is 104. The van der Waals surface area contributed by atoms with Gasteiger partial charge in [0.2, 0.25) is 0 Å². The second-order valence-corrected chi connectivity index (χ2v) is 15.1. The Balaban J connectivity index is 1.37. The summed E-state index contributed by atoms with van der Waals surface area (Å²) in [5.41, 5.74) is -3.36. The van der Waals surface area contributed by atoms with Crippen molar-refractivity contribution in [1.29, 1.82) is 0 Å². The molecule has 4 aliphatic rings. The number of likely N-dealkylation sites (N-methyl/N-ethyl adjacent to an activating group) is 1. The number of aryl methyl sites for hydroxylation is 1. The number of carbonyl (C=O) groups excluding carboxylic acids is 3. The topological polar surface area (TPSA) is 321 Å². The Morgan fingerprint density at radius 3 is 2.13 bits per heavy atom. The van der Waals surface area contributed by atoms with Crippen molar-refractivity contribution < 1.29 is 88.8 Å². The molecule has 2 aliphatic carbocycles. The molecular formula is C40H44N2O18. The molecule has 0 saturated carbocycles. The summed E-state index contributed by atoms with van der Waals surface area (Å²) in [6.45, 7) is 3.76. The summed E-state index contributed by atoms with van der Waals surface area (Å²) >= 11 is 0. The number of phenolic OH excluding ortho intramolecular Hbond substituents is 3. The molecule has 60 heavy (non-hydrogen) atoms. The molecule has 1 amide bonds. The molecule has 2 saturated heterocycles. The molecule has 0 radical (unpaired) electrons. The number of phenols is 3. The van der Waals surface area contributed by atoms with Gasteiger partial charge in [0, 0.05) is 28.3 Å². The Hall–Kier alpha value is -5.26. The van der Waals surface area contributed by atoms with E-state index in [2.05, 4.69) is 10.6 Å². The van der Waals surface area contributed by atoms with Crippen LogP contribution in [0, 0.1) is 6.92 Å². The van der Waals surface area contributed by atoms with Crippen molar-refractivity contribution in [3.8, 4) is 34.1 Å². The Kier molecular flexibility index (Phi) is 11.4. The van der Waals surface area contributed by atoms with E-state index in [0.29, 0.717) is 0 Å². The first-order chi connectivity index (χ1) is 28.3. The van der Waals surface area contributed by atoms with Gasteiger partial charge in [0.05, 0.1) is 42.6 Å². The highest BCUT2D eigenvalue weighted by Gasteiger charge is 2.51. The van der Waals surface area contributed by atoms with Crippen molar-refractivity contribution in [2.24, 2.45) is 0 Å². The number of hydrogen-bond donors (Lipinski definition) is 11. The zero-order valence-electron chi connectivity index (χ0n) is 32.6. The van der Waals surface area contributed by atoms with E-state index >= 15 is 0 Å². The van der Waals surface area contributed by atoms with E-state index in [9.17, 15) is 65.1 Å². The quantitative estimate of drug-likeness (QED) is 0.100. The Morgan fingerprint density at radius 1 is 0.833 bits per heavy atom. The molecule has 3 aromatic rings. The Bertz CT molecular complexity index is 2280. The average Bonchev–Trinajstić information content (AvgIpc) is 3.19. The van der Waals surface area contributed by atoms with Crippen LogP contribution in [0.5, 0.6) is 23.0 Å². The number of ether oxygens (including phenoxy) is 5. The second kappa shape index (κ2) is 16.0. The smallest absolute Gasteiger partial charge is 0.325 e. The molecule has 322 valence electrons. The molecule has 0 unspecified atom stereocenters. The van der Waals surface area contributed by atoms with Crippen LogP contribution in [0.4, 0.5) is 0 Å². The van der Waals surface area contributed by atoms with Crippen molar-refractivity contribution in [3.63, 3.8) is 0 Å². The number of benzene rings is 3. The van der Waals surface area contributed by atoms with Gasteiger partial charge in [-0.25, -0.2) is 0 Å². The molecule has 20 heteroatoms. The van der Waals surface area contributed by atoms with Crippen molar-refractivity contribution >= 4 is 23.4 Å². The van der Waals surface area contributed by atoms with Gasteiger partial charge in [-0.2, -0.15) is 0 Å². The van der Waals surface area contributed by atoms with E-state index < -0.39 is 149 Å². The standard InChI is InChI=1S/C40H44N2O18/c1-11-6-18-24(31(49)21(11)37(53)42-12(2)38(54)55)23-16(9-17-25(32(23)50)28(46)15-7-14(56-5)8-19(43)22(15)27(17)45)29(47)35(18)59-40-34(52)36(26(41-4)13(3)58-40)60-39-33(51)30(48)20(44)10-57-39/h6-9,12-13,20,26,29-30,33-36,39-41,43-44,47-52H,10H2,1-5H3,(H,42,53)(H,54,55)/t12-,13-,20+,26+,29+,30-,33+,34-,35+,36+,39-,40+/m1/s1. The summed E-state index contributed by atoms with van der Waals surface area (Å²) in [5.74, 6) is -6.63. The second-order valence-electron chi connectivity index (χ2n) is 15.1. The minimum absolute atomic E-state index is 0.0161. The van der Waals surface area contributed by atoms with E-state index in [1.165, 1.54) is 40.1 Å². The highest BCUT2D eigenvalue weighted by molar-refractivity contribution is 6.31. The number of nitrogens with one attached hydrogen (secondary N) is 2. The van der Waals surface area contributed by atoms with E-state index in [1.54, 1.807) is 6.92 Å². The van der Waals surface area contributed by atoms with Gasteiger partial charge in [0.1, 0.15) is 71.8 Å². The largest absolute Gasteiger partial charge is 0.507 e. The molecule has 0 spiro atoms. The van der Waals surface area contributed by atoms with Gasteiger partial charge in [-0.1, -0.05) is 6.07 Å². The number of aliphatic carboxylic acids is 1. The number of amides is 1. The molecule has 3 aromatic carbocycles. The fraction of sp³-hybridized carbons (Fsp3) is 0.450. The predicted octanol–water partition coefficient (Wildman–Crippen LogP) is -0.612. The number of hydrogen-bond acceptors (Lipinski definition) is 18. The first kappa shape index (κ1) is 42.8. The van der Waals surface area contributed by atoms with Crippen LogP contribution in [0.15, 0.2) is 24.3 Å². The zero-order chi connectivity index (χ0) is 43.8. The molecule has 0 bridgehead atoms. The first-order valence-electron chi connectivity index (χ1n) is 18.8. The molecule has 7 rings (SSSR count). The van der Waals surface area contributed by atoms with Crippen molar-refractivity contribution in [2.75, 3.05) is 20.8 Å². The molecule has 0 aromatic heterocycles. The van der Waals surface area contributed by atoms with E-state index in [1.807, 2.05) is 0 Å². The number of aliphatic hydroxyl groups is 5. The van der Waals surface area contributed by atoms with Crippen LogP contribution in [0.2, 0.25) is 0 Å². The molecule has 2 fully saturated rings. The van der Waals surface area contributed by atoms with Gasteiger partial charge in [0.25, 0.3) is 5.91 Å². The summed E-state index contributed by atoms with van der Waals surface area (Å²) in [6, 6.07) is 2.44. The lowest BCUT2D eigenvalue weighted by molar-refractivity contribution is -0.339. The van der Waals surface area contributed by atoms with Gasteiger partial charge < -0.3 is 80.3 Å². The lowest BCUT2D eigenvalue weighted by atomic mass is 9.74. The van der Waals surface area contributed by atoms with Crippen molar-refractivity contribution in [1.82, 2.24) is 10.6 Å². The fourth-order valence-corrected chi connectivity index (χ4v) is 8.30. The third-order valence-corrected chi connectivity index (χ3v) is 11.4. The number of aromatic hydroxyl groups is 3. The van der Waals surface area contributed by atoms with Crippen LogP contribution in [0.25, 0.3) is 11.1 Å². The number of ketones is 2. The number of aliphatic hydroxyl groups excluding tert-OH is 5. The monoisotopic (exact) mass is 840 g/mol. The van der Waals surface area contributed by atoms with Gasteiger partial charge in [0.15, 0.2) is 24.1 Å². The van der Waals surface area contributed by atoms with Crippen molar-refractivity contribution in [3.05, 3.63) is 68.8 Å². The molecule has 12 atom stereocenters. The molecule has 20 nitrogen and oxygen atoms in total. The highest BCUT2D eigenvalue weighted by Crippen LogP contribution is 2.57. The molecule has 2 aliphatic heterocycles. The maximum Gasteiger partial charge on any atom is 0.325 e. The van der Waals surface area contributed by atoms with Gasteiger partial charge in [-0.15, -0.1) is 0 Å². The number of carbonyl (C=O) groups is 4. The van der Waals surface area contributed by atoms with E-state index in [4.69, 9.17) is 23.7 Å². The summed E-state index contributed by atoms with van der Waals surface area (Å²) in [6.07, 6.45) is -15.5. The van der Waals surface area contributed by atoms with E-state index in [-0.39, 0.29) is 33.6 Å². The number of fused-ring (bicyclic) bond motifs is 5. The molecule has 11 N–H and O–H groups in total. The number of carboxylic acid groups (broad SMARTS) is 1. The average molecular weight is 841 g/mol. The third-order valence-electron chi connectivity index (χ3n) is 11.4. The SMILES string of the molecule is CN[C@@H]1[C@H](O[C@H]2OC[C@H](O)[C@@H](O)[C@@H]2O)[C@@H](O)[C@H](O[C@H]2c3cc(C)c(C(=O)N[C@H](C)C(=O)O)c(O)c3-c3c(cc4c(c3O)C(=O)c3cc(OC)cc(O)c3C4=O)[C@@H]2O)O[C@@H]1C. The Labute approximate surface area is 340 Å². The minimum atomic E-state index is -1.89. The molecular weight excluding hydrogens is 796 g/mol. The maximum absolute atomic E-state index is 14.1. The van der Waals surface area contributed by atoms with Gasteiger partial charge in [-0.05, 0) is 56.6 Å². The van der Waals surface area contributed by atoms with Crippen LogP contribution in [-0.2, 0) is 23.7 Å². The number of carboxylic acids is 1. The van der Waals surface area contributed by atoms with Crippen LogP contribution in [0.3, 0.4) is 0 Å². The Morgan fingerprint density at radius 2 is 1.48 bits per heavy atom. The highest BCUT2D eigenvalue weighted by atomic mass is 16.7. The lowest BCUT2D eigenvalue weighted by Gasteiger charge is -2.47. The maximum atomic E-state index is 14.1.